The number of aliphatic hydroxyl groups excluding tert-OH is 2. The zero-order chi connectivity index (χ0) is 19.2. The molecule has 0 aliphatic carbocycles. The molecule has 0 spiro atoms. The fourth-order valence-corrected chi connectivity index (χ4v) is 2.49. The van der Waals surface area contributed by atoms with Gasteiger partial charge in [0.2, 0.25) is 0 Å². The Bertz CT molecular complexity index is 685. The molecule has 1 aromatic heterocycles. The first kappa shape index (κ1) is 20.1. The third-order valence-corrected chi connectivity index (χ3v) is 3.82. The summed E-state index contributed by atoms with van der Waals surface area (Å²) in [7, 11) is 0. The highest BCUT2D eigenvalue weighted by molar-refractivity contribution is 5.24. The minimum Gasteiger partial charge on any atom is -0.390 e. The lowest BCUT2D eigenvalue weighted by atomic mass is 10.0. The molecule has 26 heavy (non-hydrogen) atoms. The zero-order valence-electron chi connectivity index (χ0n) is 14.0. The number of β-amino-alcohol motifs (C(OH)–C–C–N with tert-alkyl or cyclic N) is 1. The fourth-order valence-electron chi connectivity index (χ4n) is 2.49. The van der Waals surface area contributed by atoms with Gasteiger partial charge in [-0.1, -0.05) is 30.3 Å². The number of likely N-dealkylation sites (tertiary alicyclic amines) is 1. The Morgan fingerprint density at radius 1 is 1.12 bits per heavy atom. The average Bonchev–Trinajstić information content (AvgIpc) is 2.59. The second kappa shape index (κ2) is 8.93. The van der Waals surface area contributed by atoms with Gasteiger partial charge in [0, 0.05) is 19.6 Å². The van der Waals surface area contributed by atoms with Crippen LogP contribution in [0.4, 0.5) is 19.0 Å². The van der Waals surface area contributed by atoms with E-state index in [0.29, 0.717) is 19.2 Å². The highest BCUT2D eigenvalue weighted by atomic mass is 19.4. The molecule has 0 amide bonds. The molecular weight excluding hydrogens is 349 g/mol. The molecule has 1 fully saturated rings. The standard InChI is InChI=1S/C12H17NO2.C5H4F3N3/c14-11-6-7-13(9-12(11)15)8-10-4-2-1-3-5-10;6-5(7,8)3-1-10-2-4(9)11-3/h1-5,11-12,14-15H,6-9H2;1-2H,(H2,9,11). The van der Waals surface area contributed by atoms with Gasteiger partial charge in [-0.05, 0) is 12.0 Å². The van der Waals surface area contributed by atoms with E-state index >= 15 is 0 Å². The van der Waals surface area contributed by atoms with E-state index in [9.17, 15) is 23.4 Å². The molecule has 2 aromatic rings. The fraction of sp³-hybridized carbons (Fsp3) is 0.412. The minimum atomic E-state index is -4.47. The summed E-state index contributed by atoms with van der Waals surface area (Å²) in [6.45, 7) is 2.27. The van der Waals surface area contributed by atoms with Gasteiger partial charge >= 0.3 is 6.18 Å². The third kappa shape index (κ3) is 6.25. The Labute approximate surface area is 149 Å². The van der Waals surface area contributed by atoms with Crippen molar-refractivity contribution >= 4 is 5.82 Å². The van der Waals surface area contributed by atoms with Gasteiger partial charge in [0.05, 0.1) is 24.6 Å². The van der Waals surface area contributed by atoms with Crippen LogP contribution < -0.4 is 5.73 Å². The van der Waals surface area contributed by atoms with E-state index in [0.717, 1.165) is 19.3 Å². The monoisotopic (exact) mass is 370 g/mol. The van der Waals surface area contributed by atoms with E-state index in [1.165, 1.54) is 5.56 Å². The van der Waals surface area contributed by atoms with Crippen LogP contribution in [0.15, 0.2) is 42.7 Å². The highest BCUT2D eigenvalue weighted by Gasteiger charge is 2.32. The van der Waals surface area contributed by atoms with Gasteiger partial charge < -0.3 is 15.9 Å². The maximum absolute atomic E-state index is 11.8. The van der Waals surface area contributed by atoms with Crippen molar-refractivity contribution in [2.75, 3.05) is 18.8 Å². The number of benzene rings is 1. The summed E-state index contributed by atoms with van der Waals surface area (Å²) in [5.74, 6) is -0.236. The van der Waals surface area contributed by atoms with Crippen LogP contribution in [0.3, 0.4) is 0 Å². The van der Waals surface area contributed by atoms with Gasteiger partial charge in [-0.2, -0.15) is 13.2 Å². The summed E-state index contributed by atoms with van der Waals surface area (Å²) in [6.07, 6.45) is -3.28. The van der Waals surface area contributed by atoms with E-state index in [1.807, 2.05) is 18.2 Å². The van der Waals surface area contributed by atoms with Crippen LogP contribution in [0.25, 0.3) is 0 Å². The Kier molecular flexibility index (Phi) is 6.90. The number of hydrogen-bond donors (Lipinski definition) is 3. The van der Waals surface area contributed by atoms with Crippen LogP contribution in [0.2, 0.25) is 0 Å². The van der Waals surface area contributed by atoms with Gasteiger partial charge in [0.25, 0.3) is 0 Å². The number of halogens is 3. The van der Waals surface area contributed by atoms with Gasteiger partial charge in [-0.3, -0.25) is 9.88 Å². The summed E-state index contributed by atoms with van der Waals surface area (Å²) in [6, 6.07) is 10.2. The lowest BCUT2D eigenvalue weighted by Gasteiger charge is -2.33. The first-order valence-electron chi connectivity index (χ1n) is 8.03. The summed E-state index contributed by atoms with van der Waals surface area (Å²) >= 11 is 0. The van der Waals surface area contributed by atoms with Crippen LogP contribution in [0.1, 0.15) is 17.7 Å². The summed E-state index contributed by atoms with van der Waals surface area (Å²) < 4.78 is 35.4. The Morgan fingerprint density at radius 3 is 2.35 bits per heavy atom. The molecule has 0 radical (unpaired) electrons. The predicted octanol–water partition coefficient (Wildman–Crippen LogP) is 1.69. The molecule has 1 aliphatic rings. The quantitative estimate of drug-likeness (QED) is 0.745. The second-order valence-corrected chi connectivity index (χ2v) is 5.97. The molecule has 0 bridgehead atoms. The van der Waals surface area contributed by atoms with Crippen LogP contribution in [0, 0.1) is 0 Å². The summed E-state index contributed by atoms with van der Waals surface area (Å²) in [4.78, 5) is 8.45. The smallest absolute Gasteiger partial charge is 0.390 e. The van der Waals surface area contributed by atoms with E-state index in [1.54, 1.807) is 0 Å². The molecule has 1 saturated heterocycles. The molecule has 142 valence electrons. The number of nitrogen functional groups attached to an aromatic ring is 1. The number of aromatic nitrogens is 2. The minimum absolute atomic E-state index is 0.236. The molecule has 2 heterocycles. The number of alkyl halides is 3. The summed E-state index contributed by atoms with van der Waals surface area (Å²) in [5, 5.41) is 18.9. The number of piperidine rings is 1. The summed E-state index contributed by atoms with van der Waals surface area (Å²) in [5.41, 5.74) is 5.16. The van der Waals surface area contributed by atoms with Crippen molar-refractivity contribution in [1.82, 2.24) is 14.9 Å². The topological polar surface area (TPSA) is 95.5 Å². The van der Waals surface area contributed by atoms with Crippen LogP contribution in [0.5, 0.6) is 0 Å². The maximum atomic E-state index is 11.8. The van der Waals surface area contributed by atoms with Crippen molar-refractivity contribution in [1.29, 1.82) is 0 Å². The van der Waals surface area contributed by atoms with Crippen molar-refractivity contribution in [2.45, 2.75) is 31.3 Å². The number of nitrogens with zero attached hydrogens (tertiary/aromatic N) is 3. The number of hydrogen-bond acceptors (Lipinski definition) is 6. The molecule has 2 unspecified atom stereocenters. The largest absolute Gasteiger partial charge is 0.434 e. The molecule has 6 nitrogen and oxygen atoms in total. The molecule has 4 N–H and O–H groups in total. The van der Waals surface area contributed by atoms with Crippen molar-refractivity contribution in [3.8, 4) is 0 Å². The molecule has 0 saturated carbocycles. The van der Waals surface area contributed by atoms with Crippen LogP contribution in [-0.4, -0.2) is 50.4 Å². The Balaban J connectivity index is 0.000000197. The number of rotatable bonds is 2. The maximum Gasteiger partial charge on any atom is 0.434 e. The number of nitrogens with two attached hydrogens (primary N) is 1. The Morgan fingerprint density at radius 2 is 1.81 bits per heavy atom. The van der Waals surface area contributed by atoms with E-state index in [-0.39, 0.29) is 5.82 Å². The molecule has 1 aliphatic heterocycles. The SMILES string of the molecule is Nc1cncc(C(F)(F)F)n1.OC1CCN(Cc2ccccc2)CC1O. The van der Waals surface area contributed by atoms with E-state index in [2.05, 4.69) is 27.0 Å². The Hall–Kier alpha value is -2.23. The van der Waals surface area contributed by atoms with Crippen LogP contribution >= 0.6 is 0 Å². The van der Waals surface area contributed by atoms with Crippen molar-refractivity contribution in [3.05, 3.63) is 54.0 Å². The molecular formula is C17H21F3N4O2. The van der Waals surface area contributed by atoms with Crippen molar-refractivity contribution in [3.63, 3.8) is 0 Å². The highest BCUT2D eigenvalue weighted by Crippen LogP contribution is 2.26. The van der Waals surface area contributed by atoms with E-state index in [4.69, 9.17) is 5.73 Å². The lowest BCUT2D eigenvalue weighted by Crippen LogP contribution is -2.46. The molecule has 3 rings (SSSR count). The molecule has 9 heteroatoms. The average molecular weight is 370 g/mol. The zero-order valence-corrected chi connectivity index (χ0v) is 14.0. The molecule has 1 aromatic carbocycles. The van der Waals surface area contributed by atoms with Crippen molar-refractivity contribution in [2.24, 2.45) is 0 Å². The normalized spacial score (nSPS) is 21.0. The second-order valence-electron chi connectivity index (χ2n) is 5.97. The number of anilines is 1. The van der Waals surface area contributed by atoms with Crippen LogP contribution in [-0.2, 0) is 12.7 Å². The van der Waals surface area contributed by atoms with E-state index < -0.39 is 24.1 Å². The molecule has 2 atom stereocenters. The van der Waals surface area contributed by atoms with Gasteiger partial charge in [-0.25, -0.2) is 4.98 Å². The lowest BCUT2D eigenvalue weighted by molar-refractivity contribution is -0.141. The van der Waals surface area contributed by atoms with Crippen molar-refractivity contribution < 1.29 is 23.4 Å². The van der Waals surface area contributed by atoms with Gasteiger partial charge in [0.15, 0.2) is 5.69 Å². The first-order chi connectivity index (χ1) is 12.3. The third-order valence-electron chi connectivity index (χ3n) is 3.82. The van der Waals surface area contributed by atoms with Gasteiger partial charge in [-0.15, -0.1) is 0 Å². The van der Waals surface area contributed by atoms with Gasteiger partial charge in [0.1, 0.15) is 5.82 Å². The number of aliphatic hydroxyl groups is 2. The predicted molar refractivity (Wildman–Crippen MR) is 89.8 cm³/mol. The first-order valence-corrected chi connectivity index (χ1v) is 8.03.